The molecule has 2 aromatic rings. The van der Waals surface area contributed by atoms with Gasteiger partial charge in [-0.3, -0.25) is 13.9 Å². The maximum absolute atomic E-state index is 13.2. The number of aryl methyl sites for hydroxylation is 2. The molecule has 0 spiro atoms. The van der Waals surface area contributed by atoms with E-state index in [0.29, 0.717) is 11.4 Å². The second-order valence-corrected chi connectivity index (χ2v) is 8.00. The second-order valence-electron chi connectivity index (χ2n) is 6.14. The Bertz CT molecular complexity index is 932. The van der Waals surface area contributed by atoms with E-state index in [9.17, 15) is 18.0 Å². The number of ether oxygens (including phenoxy) is 1. The zero-order valence-corrected chi connectivity index (χ0v) is 16.5. The van der Waals surface area contributed by atoms with Crippen molar-refractivity contribution in [3.05, 3.63) is 53.6 Å². The van der Waals surface area contributed by atoms with Crippen LogP contribution in [0.15, 0.2) is 47.4 Å². The number of carbonyl (C=O) groups excluding carboxylic acids is 2. The molecule has 0 aliphatic carbocycles. The van der Waals surface area contributed by atoms with Gasteiger partial charge in [0.1, 0.15) is 6.54 Å². The third-order valence-corrected chi connectivity index (χ3v) is 5.55. The van der Waals surface area contributed by atoms with E-state index in [0.717, 1.165) is 15.4 Å². The third kappa shape index (κ3) is 5.07. The number of carbonyl (C=O) groups is 2. The maximum atomic E-state index is 13.2. The number of hydrogen-bond acceptors (Lipinski definition) is 5. The van der Waals surface area contributed by atoms with E-state index in [4.69, 9.17) is 0 Å². The van der Waals surface area contributed by atoms with Crippen molar-refractivity contribution in [3.63, 3.8) is 0 Å². The van der Waals surface area contributed by atoms with E-state index >= 15 is 0 Å². The number of nitrogens with zero attached hydrogens (tertiary/aromatic N) is 1. The number of nitrogens with one attached hydrogen (secondary N) is 1. The summed E-state index contributed by atoms with van der Waals surface area (Å²) in [6.45, 7) is 4.61. The quantitative estimate of drug-likeness (QED) is 0.766. The van der Waals surface area contributed by atoms with Crippen molar-refractivity contribution in [1.82, 2.24) is 0 Å². The number of benzene rings is 2. The number of anilines is 2. The van der Waals surface area contributed by atoms with Gasteiger partial charge in [0.25, 0.3) is 10.0 Å². The molecule has 2 rings (SSSR count). The zero-order valence-electron chi connectivity index (χ0n) is 15.6. The topological polar surface area (TPSA) is 92.8 Å². The van der Waals surface area contributed by atoms with Crippen LogP contribution in [0.3, 0.4) is 0 Å². The first-order valence-electron chi connectivity index (χ1n) is 8.19. The maximum Gasteiger partial charge on any atom is 0.326 e. The highest BCUT2D eigenvalue weighted by atomic mass is 32.2. The second kappa shape index (κ2) is 8.22. The number of rotatable bonds is 6. The number of sulfonamides is 1. The lowest BCUT2D eigenvalue weighted by molar-refractivity contribution is -0.138. The lowest BCUT2D eigenvalue weighted by atomic mass is 10.1. The molecule has 0 heterocycles. The largest absolute Gasteiger partial charge is 0.468 e. The molecule has 144 valence electrons. The molecule has 1 N–H and O–H groups in total. The Morgan fingerprint density at radius 3 is 2.07 bits per heavy atom. The fourth-order valence-electron chi connectivity index (χ4n) is 2.63. The van der Waals surface area contributed by atoms with Crippen LogP contribution in [0.4, 0.5) is 11.4 Å². The van der Waals surface area contributed by atoms with Gasteiger partial charge in [0, 0.05) is 12.6 Å². The van der Waals surface area contributed by atoms with Crippen LogP contribution in [-0.2, 0) is 24.3 Å². The first-order chi connectivity index (χ1) is 12.6. The monoisotopic (exact) mass is 390 g/mol. The first kappa shape index (κ1) is 20.4. The number of hydrogen-bond donors (Lipinski definition) is 1. The smallest absolute Gasteiger partial charge is 0.326 e. The molecule has 0 saturated heterocycles. The molecule has 1 amide bonds. The summed E-state index contributed by atoms with van der Waals surface area (Å²) in [4.78, 5) is 23.0. The van der Waals surface area contributed by atoms with Crippen LogP contribution in [0.1, 0.15) is 18.1 Å². The van der Waals surface area contributed by atoms with Crippen LogP contribution in [0.5, 0.6) is 0 Å². The van der Waals surface area contributed by atoms with Gasteiger partial charge < -0.3 is 10.1 Å². The SMILES string of the molecule is COC(=O)CN(c1cc(C)cc(C)c1)S(=O)(=O)c1ccc(NC(C)=O)cc1. The number of methoxy groups -OCH3 is 1. The van der Waals surface area contributed by atoms with Gasteiger partial charge in [-0.15, -0.1) is 0 Å². The fraction of sp³-hybridized carbons (Fsp3) is 0.263. The van der Waals surface area contributed by atoms with Crippen LogP contribution in [0.25, 0.3) is 0 Å². The lowest BCUT2D eigenvalue weighted by Crippen LogP contribution is -2.36. The normalized spacial score (nSPS) is 11.0. The molecule has 0 fully saturated rings. The van der Waals surface area contributed by atoms with Crippen LogP contribution < -0.4 is 9.62 Å². The molecule has 0 aliphatic rings. The summed E-state index contributed by atoms with van der Waals surface area (Å²) in [6.07, 6.45) is 0. The Labute approximate surface area is 159 Å². The predicted molar refractivity (Wildman–Crippen MR) is 103 cm³/mol. The summed E-state index contributed by atoms with van der Waals surface area (Å²) in [5.41, 5.74) is 2.60. The van der Waals surface area contributed by atoms with Gasteiger partial charge in [-0.2, -0.15) is 0 Å². The molecule has 8 heteroatoms. The number of amides is 1. The van der Waals surface area contributed by atoms with Gasteiger partial charge in [0.15, 0.2) is 0 Å². The summed E-state index contributed by atoms with van der Waals surface area (Å²) in [6, 6.07) is 11.0. The van der Waals surface area contributed by atoms with Crippen LogP contribution in [0, 0.1) is 13.8 Å². The highest BCUT2D eigenvalue weighted by Crippen LogP contribution is 2.26. The highest BCUT2D eigenvalue weighted by Gasteiger charge is 2.28. The molecule has 0 radical (unpaired) electrons. The minimum absolute atomic E-state index is 0.000311. The van der Waals surface area contributed by atoms with Crippen LogP contribution >= 0.6 is 0 Å². The molecule has 0 aliphatic heterocycles. The van der Waals surface area contributed by atoms with E-state index in [2.05, 4.69) is 10.1 Å². The summed E-state index contributed by atoms with van der Waals surface area (Å²) in [7, 11) is -2.81. The fourth-order valence-corrected chi connectivity index (χ4v) is 4.03. The Kier molecular flexibility index (Phi) is 6.22. The minimum atomic E-state index is -4.02. The van der Waals surface area contributed by atoms with E-state index in [1.165, 1.54) is 38.3 Å². The van der Waals surface area contributed by atoms with E-state index in [1.54, 1.807) is 12.1 Å². The molecular formula is C19H22N2O5S. The van der Waals surface area contributed by atoms with Crippen LogP contribution in [-0.4, -0.2) is 33.9 Å². The average molecular weight is 390 g/mol. The van der Waals surface area contributed by atoms with E-state index in [1.807, 2.05) is 19.9 Å². The highest BCUT2D eigenvalue weighted by molar-refractivity contribution is 7.92. The van der Waals surface area contributed by atoms with Crippen molar-refractivity contribution in [1.29, 1.82) is 0 Å². The predicted octanol–water partition coefficient (Wildman–Crippen LogP) is 2.63. The summed E-state index contributed by atoms with van der Waals surface area (Å²) >= 11 is 0. The van der Waals surface area contributed by atoms with Crippen molar-refractivity contribution < 1.29 is 22.7 Å². The first-order valence-corrected chi connectivity index (χ1v) is 9.63. The molecule has 7 nitrogen and oxygen atoms in total. The minimum Gasteiger partial charge on any atom is -0.468 e. The third-order valence-electron chi connectivity index (χ3n) is 3.76. The Hall–Kier alpha value is -2.87. The van der Waals surface area contributed by atoms with Crippen molar-refractivity contribution in [2.24, 2.45) is 0 Å². The molecule has 0 unspecified atom stereocenters. The molecule has 2 aromatic carbocycles. The molecule has 0 bridgehead atoms. The summed E-state index contributed by atoms with van der Waals surface area (Å²) in [5.74, 6) is -0.930. The van der Waals surface area contributed by atoms with Crippen molar-refractivity contribution in [3.8, 4) is 0 Å². The average Bonchev–Trinajstić information content (AvgIpc) is 2.58. The van der Waals surface area contributed by atoms with Crippen molar-refractivity contribution in [2.75, 3.05) is 23.3 Å². The summed E-state index contributed by atoms with van der Waals surface area (Å²) < 4.78 is 32.0. The molecule has 0 aromatic heterocycles. The number of esters is 1. The van der Waals surface area contributed by atoms with Gasteiger partial charge in [0.05, 0.1) is 17.7 Å². The Balaban J connectivity index is 2.49. The van der Waals surface area contributed by atoms with Gasteiger partial charge in [0.2, 0.25) is 5.91 Å². The lowest BCUT2D eigenvalue weighted by Gasteiger charge is -2.24. The molecular weight excluding hydrogens is 368 g/mol. The Morgan fingerprint density at radius 1 is 1.04 bits per heavy atom. The molecule has 0 saturated carbocycles. The zero-order chi connectivity index (χ0) is 20.2. The Morgan fingerprint density at radius 2 is 1.59 bits per heavy atom. The van der Waals surface area contributed by atoms with Gasteiger partial charge in [-0.1, -0.05) is 6.07 Å². The van der Waals surface area contributed by atoms with Crippen molar-refractivity contribution >= 4 is 33.3 Å². The molecule has 0 atom stereocenters. The van der Waals surface area contributed by atoms with Gasteiger partial charge in [-0.05, 0) is 61.4 Å². The molecule has 27 heavy (non-hydrogen) atoms. The van der Waals surface area contributed by atoms with Crippen LogP contribution in [0.2, 0.25) is 0 Å². The van der Waals surface area contributed by atoms with E-state index < -0.39 is 22.5 Å². The van der Waals surface area contributed by atoms with E-state index in [-0.39, 0.29) is 10.8 Å². The van der Waals surface area contributed by atoms with Gasteiger partial charge in [-0.25, -0.2) is 8.42 Å². The van der Waals surface area contributed by atoms with Crippen molar-refractivity contribution in [2.45, 2.75) is 25.7 Å². The summed E-state index contributed by atoms with van der Waals surface area (Å²) in [5, 5.41) is 2.58. The standard InChI is InChI=1S/C19H22N2O5S/c1-13-9-14(2)11-17(10-13)21(12-19(23)26-4)27(24,25)18-7-5-16(6-8-18)20-15(3)22/h5-11H,12H2,1-4H3,(H,20,22). The van der Waals surface area contributed by atoms with Gasteiger partial charge >= 0.3 is 5.97 Å².